The largest absolute Gasteiger partial charge is 0.490 e. The van der Waals surface area contributed by atoms with E-state index in [0.717, 1.165) is 17.9 Å². The molecule has 0 radical (unpaired) electrons. The van der Waals surface area contributed by atoms with E-state index in [4.69, 9.17) is 9.47 Å². The summed E-state index contributed by atoms with van der Waals surface area (Å²) in [6, 6.07) is 15.5. The molecule has 1 unspecified atom stereocenters. The zero-order chi connectivity index (χ0) is 18.0. The molecule has 1 amide bonds. The van der Waals surface area contributed by atoms with Gasteiger partial charge in [-0.15, -0.1) is 0 Å². The smallest absolute Gasteiger partial charge is 0.261 e. The van der Waals surface area contributed by atoms with Gasteiger partial charge in [0.25, 0.3) is 5.91 Å². The van der Waals surface area contributed by atoms with Crippen molar-refractivity contribution in [1.29, 1.82) is 0 Å². The average Bonchev–Trinajstić information content (AvgIpc) is 3.43. The number of hydrogen-bond donors (Lipinski definition) is 0. The summed E-state index contributed by atoms with van der Waals surface area (Å²) in [5, 5.41) is 0. The van der Waals surface area contributed by atoms with Crippen molar-refractivity contribution in [3.8, 4) is 5.75 Å². The van der Waals surface area contributed by atoms with Crippen molar-refractivity contribution in [1.82, 2.24) is 0 Å². The number of para-hydroxylation sites is 1. The number of carbonyl (C=O) groups is 1. The number of amides is 1. The maximum absolute atomic E-state index is 13.0. The number of ether oxygens (including phenoxy) is 2. The van der Waals surface area contributed by atoms with Gasteiger partial charge in [-0.25, -0.2) is 0 Å². The highest BCUT2D eigenvalue weighted by atomic mass is 16.6. The Morgan fingerprint density at radius 1 is 1.20 bits per heavy atom. The highest BCUT2D eigenvalue weighted by molar-refractivity contribution is 6.07. The Hall–Kier alpha value is -2.33. The van der Waals surface area contributed by atoms with E-state index in [1.54, 1.807) is 11.9 Å². The Labute approximate surface area is 149 Å². The molecule has 0 bridgehead atoms. The van der Waals surface area contributed by atoms with Crippen LogP contribution in [0.2, 0.25) is 0 Å². The van der Waals surface area contributed by atoms with Crippen LogP contribution in [-0.4, -0.2) is 32.3 Å². The molecule has 2 aromatic rings. The summed E-state index contributed by atoms with van der Waals surface area (Å²) in [7, 11) is 1.78. The van der Waals surface area contributed by atoms with E-state index >= 15 is 0 Å². The summed E-state index contributed by atoms with van der Waals surface area (Å²) in [6.07, 6.45) is 0.146. The molecule has 4 heteroatoms. The van der Waals surface area contributed by atoms with Gasteiger partial charge in [0.05, 0.1) is 12.2 Å². The minimum absolute atomic E-state index is 0.0128. The first-order chi connectivity index (χ1) is 11.9. The SMILES string of the molecule is CN(C(=O)c1ccc(C(C)(C)C)cc1OCC1CO1)c1ccccc1. The third kappa shape index (κ3) is 4.20. The van der Waals surface area contributed by atoms with Crippen molar-refractivity contribution in [2.75, 3.05) is 25.2 Å². The normalized spacial score (nSPS) is 16.4. The summed E-state index contributed by atoms with van der Waals surface area (Å²) < 4.78 is 11.2. The second-order valence-electron chi connectivity index (χ2n) is 7.43. The molecule has 0 saturated carbocycles. The van der Waals surface area contributed by atoms with Gasteiger partial charge in [-0.3, -0.25) is 4.79 Å². The lowest BCUT2D eigenvalue weighted by Gasteiger charge is -2.23. The standard InChI is InChI=1S/C21H25NO3/c1-21(2,3)15-10-11-18(19(12-15)25-14-17-13-24-17)20(23)22(4)16-8-6-5-7-9-16/h5-12,17H,13-14H2,1-4H3. The van der Waals surface area contributed by atoms with Crippen LogP contribution < -0.4 is 9.64 Å². The quantitative estimate of drug-likeness (QED) is 0.772. The van der Waals surface area contributed by atoms with E-state index in [0.29, 0.717) is 17.9 Å². The summed E-state index contributed by atoms with van der Waals surface area (Å²) in [5.74, 6) is 0.536. The molecule has 1 aliphatic heterocycles. The topological polar surface area (TPSA) is 42.1 Å². The summed E-state index contributed by atoms with van der Waals surface area (Å²) in [6.45, 7) is 7.64. The van der Waals surface area contributed by atoms with Gasteiger partial charge in [0, 0.05) is 12.7 Å². The van der Waals surface area contributed by atoms with Gasteiger partial charge in [-0.1, -0.05) is 45.0 Å². The zero-order valence-corrected chi connectivity index (χ0v) is 15.3. The highest BCUT2D eigenvalue weighted by Crippen LogP contribution is 2.30. The average molecular weight is 339 g/mol. The lowest BCUT2D eigenvalue weighted by molar-refractivity contribution is 0.0988. The Morgan fingerprint density at radius 3 is 2.48 bits per heavy atom. The van der Waals surface area contributed by atoms with Crippen LogP contribution in [0.3, 0.4) is 0 Å². The van der Waals surface area contributed by atoms with E-state index in [-0.39, 0.29) is 17.4 Å². The second kappa shape index (κ2) is 6.89. The summed E-state index contributed by atoms with van der Waals surface area (Å²) in [4.78, 5) is 14.6. The Morgan fingerprint density at radius 2 is 1.88 bits per heavy atom. The van der Waals surface area contributed by atoms with Crippen molar-refractivity contribution >= 4 is 11.6 Å². The van der Waals surface area contributed by atoms with Crippen molar-refractivity contribution in [3.05, 3.63) is 59.7 Å². The number of epoxide rings is 1. The fourth-order valence-corrected chi connectivity index (χ4v) is 2.58. The minimum Gasteiger partial charge on any atom is -0.490 e. The van der Waals surface area contributed by atoms with E-state index in [9.17, 15) is 4.79 Å². The van der Waals surface area contributed by atoms with Crippen molar-refractivity contribution in [2.24, 2.45) is 0 Å². The van der Waals surface area contributed by atoms with E-state index in [1.165, 1.54) is 0 Å². The Kier molecular flexibility index (Phi) is 4.82. The first-order valence-electron chi connectivity index (χ1n) is 8.58. The molecule has 3 rings (SSSR count). The number of hydrogen-bond acceptors (Lipinski definition) is 3. The minimum atomic E-state index is -0.0848. The van der Waals surface area contributed by atoms with E-state index < -0.39 is 0 Å². The van der Waals surface area contributed by atoms with Gasteiger partial charge in [-0.2, -0.15) is 0 Å². The Balaban J connectivity index is 1.91. The number of benzene rings is 2. The molecule has 1 saturated heterocycles. The van der Waals surface area contributed by atoms with Crippen LogP contribution in [0.25, 0.3) is 0 Å². The Bertz CT molecular complexity index is 745. The second-order valence-corrected chi connectivity index (χ2v) is 7.43. The number of nitrogens with zero attached hydrogens (tertiary/aromatic N) is 1. The first-order valence-corrected chi connectivity index (χ1v) is 8.58. The predicted molar refractivity (Wildman–Crippen MR) is 99.6 cm³/mol. The van der Waals surface area contributed by atoms with Crippen LogP contribution in [0, 0.1) is 0 Å². The van der Waals surface area contributed by atoms with Crippen LogP contribution in [0.1, 0.15) is 36.7 Å². The predicted octanol–water partition coefficient (Wildman–Crippen LogP) is 4.04. The molecule has 132 valence electrons. The van der Waals surface area contributed by atoms with Crippen LogP contribution >= 0.6 is 0 Å². The van der Waals surface area contributed by atoms with Crippen molar-refractivity contribution < 1.29 is 14.3 Å². The first kappa shape index (κ1) is 17.5. The molecule has 4 nitrogen and oxygen atoms in total. The number of carbonyl (C=O) groups excluding carboxylic acids is 1. The van der Waals surface area contributed by atoms with Crippen LogP contribution in [0.4, 0.5) is 5.69 Å². The maximum atomic E-state index is 13.0. The van der Waals surface area contributed by atoms with Crippen molar-refractivity contribution in [3.63, 3.8) is 0 Å². The van der Waals surface area contributed by atoms with Gasteiger partial charge in [0.15, 0.2) is 0 Å². The van der Waals surface area contributed by atoms with Crippen LogP contribution in [0.15, 0.2) is 48.5 Å². The monoisotopic (exact) mass is 339 g/mol. The third-order valence-electron chi connectivity index (χ3n) is 4.35. The molecule has 1 atom stereocenters. The van der Waals surface area contributed by atoms with Gasteiger partial charge < -0.3 is 14.4 Å². The molecule has 1 fully saturated rings. The van der Waals surface area contributed by atoms with Gasteiger partial charge in [-0.05, 0) is 35.2 Å². The summed E-state index contributed by atoms with van der Waals surface area (Å²) in [5.41, 5.74) is 2.54. The molecule has 1 aliphatic rings. The fraction of sp³-hybridized carbons (Fsp3) is 0.381. The number of rotatable bonds is 5. The zero-order valence-electron chi connectivity index (χ0n) is 15.3. The molecular weight excluding hydrogens is 314 g/mol. The van der Waals surface area contributed by atoms with Crippen LogP contribution in [-0.2, 0) is 10.2 Å². The molecule has 0 spiro atoms. The van der Waals surface area contributed by atoms with E-state index in [1.807, 2.05) is 48.5 Å². The van der Waals surface area contributed by atoms with Gasteiger partial charge in [0.2, 0.25) is 0 Å². The number of anilines is 1. The summed E-state index contributed by atoms with van der Waals surface area (Å²) >= 11 is 0. The lowest BCUT2D eigenvalue weighted by atomic mass is 9.86. The molecule has 0 N–H and O–H groups in total. The highest BCUT2D eigenvalue weighted by Gasteiger charge is 2.26. The van der Waals surface area contributed by atoms with E-state index in [2.05, 4.69) is 20.8 Å². The maximum Gasteiger partial charge on any atom is 0.261 e. The molecule has 0 aromatic heterocycles. The van der Waals surface area contributed by atoms with Crippen molar-refractivity contribution in [2.45, 2.75) is 32.3 Å². The van der Waals surface area contributed by atoms with Gasteiger partial charge >= 0.3 is 0 Å². The van der Waals surface area contributed by atoms with Gasteiger partial charge in [0.1, 0.15) is 18.5 Å². The molecule has 1 heterocycles. The molecule has 2 aromatic carbocycles. The molecule has 0 aliphatic carbocycles. The fourth-order valence-electron chi connectivity index (χ4n) is 2.58. The lowest BCUT2D eigenvalue weighted by Crippen LogP contribution is -2.27. The molecule has 25 heavy (non-hydrogen) atoms. The third-order valence-corrected chi connectivity index (χ3v) is 4.35. The van der Waals surface area contributed by atoms with Crippen LogP contribution in [0.5, 0.6) is 5.75 Å². The molecular formula is C21H25NO3.